The van der Waals surface area contributed by atoms with Crippen molar-refractivity contribution in [2.75, 3.05) is 13.1 Å². The summed E-state index contributed by atoms with van der Waals surface area (Å²) in [5.41, 5.74) is 0.190. The van der Waals surface area contributed by atoms with E-state index in [2.05, 4.69) is 31.1 Å². The van der Waals surface area contributed by atoms with Gasteiger partial charge in [0.05, 0.1) is 0 Å². The number of nitrogens with zero attached hydrogens (tertiary/aromatic N) is 1. The Morgan fingerprint density at radius 1 is 1.43 bits per heavy atom. The van der Waals surface area contributed by atoms with Gasteiger partial charge in [0, 0.05) is 11.1 Å². The van der Waals surface area contributed by atoms with Gasteiger partial charge in [0.2, 0.25) is 0 Å². The minimum absolute atomic E-state index is 0.182. The van der Waals surface area contributed by atoms with Crippen molar-refractivity contribution in [1.82, 2.24) is 10.3 Å². The average molecular weight is 320 g/mol. The minimum atomic E-state index is -4.33. The molecule has 1 saturated carbocycles. The number of thiazole rings is 1. The van der Waals surface area contributed by atoms with E-state index in [-0.39, 0.29) is 11.3 Å². The van der Waals surface area contributed by atoms with Crippen LogP contribution in [0.1, 0.15) is 55.8 Å². The maximum atomic E-state index is 12.8. The van der Waals surface area contributed by atoms with E-state index in [1.807, 2.05) is 0 Å². The average Bonchev–Trinajstić information content (AvgIpc) is 2.86. The van der Waals surface area contributed by atoms with E-state index >= 15 is 0 Å². The fourth-order valence-electron chi connectivity index (χ4n) is 3.14. The Labute approximate surface area is 128 Å². The highest BCUT2D eigenvalue weighted by atomic mass is 32.1. The first kappa shape index (κ1) is 16.7. The third-order valence-corrected chi connectivity index (χ3v) is 5.50. The molecule has 2 unspecified atom stereocenters. The molecule has 1 aromatic rings. The van der Waals surface area contributed by atoms with Gasteiger partial charge in [0.15, 0.2) is 5.01 Å². The molecule has 6 heteroatoms. The molecule has 120 valence electrons. The molecule has 2 rings (SSSR count). The maximum Gasteiger partial charge on any atom is 0.443 e. The highest BCUT2D eigenvalue weighted by Crippen LogP contribution is 2.48. The van der Waals surface area contributed by atoms with Crippen LogP contribution in [0.15, 0.2) is 6.20 Å². The quantitative estimate of drug-likeness (QED) is 0.871. The predicted molar refractivity (Wildman–Crippen MR) is 79.5 cm³/mol. The van der Waals surface area contributed by atoms with Gasteiger partial charge >= 0.3 is 6.18 Å². The molecule has 0 bridgehead atoms. The lowest BCUT2D eigenvalue weighted by molar-refractivity contribution is -0.137. The normalized spacial score (nSPS) is 26.0. The lowest BCUT2D eigenvalue weighted by Crippen LogP contribution is -2.34. The van der Waals surface area contributed by atoms with Crippen molar-refractivity contribution < 1.29 is 13.2 Å². The van der Waals surface area contributed by atoms with Crippen molar-refractivity contribution in [3.05, 3.63) is 16.1 Å². The van der Waals surface area contributed by atoms with E-state index < -0.39 is 11.2 Å². The maximum absolute atomic E-state index is 12.8. The van der Waals surface area contributed by atoms with Crippen LogP contribution in [0.25, 0.3) is 0 Å². The molecule has 1 aliphatic rings. The Balaban J connectivity index is 2.20. The molecule has 0 amide bonds. The standard InChI is InChI=1S/C15H23F3N2S/c1-4-19-8-10-5-6-14(2,3)7-11(10)12-9-20-13(21-12)15(16,17)18/h9-11,19H,4-8H2,1-3H3. The summed E-state index contributed by atoms with van der Waals surface area (Å²) in [5.74, 6) is 0.584. The summed E-state index contributed by atoms with van der Waals surface area (Å²) in [6.07, 6.45) is 0.236. The Hall–Kier alpha value is -0.620. The number of nitrogens with one attached hydrogen (secondary N) is 1. The highest BCUT2D eigenvalue weighted by Gasteiger charge is 2.39. The number of alkyl halides is 3. The van der Waals surface area contributed by atoms with Crippen LogP contribution in [0.2, 0.25) is 0 Å². The Morgan fingerprint density at radius 3 is 2.71 bits per heavy atom. The van der Waals surface area contributed by atoms with Crippen LogP contribution in [-0.2, 0) is 6.18 Å². The third-order valence-electron chi connectivity index (χ3n) is 4.32. The van der Waals surface area contributed by atoms with Crippen LogP contribution in [0.4, 0.5) is 13.2 Å². The number of aromatic nitrogens is 1. The predicted octanol–water partition coefficient (Wildman–Crippen LogP) is 4.68. The first-order valence-corrected chi connectivity index (χ1v) is 8.28. The van der Waals surface area contributed by atoms with Gasteiger partial charge in [0.1, 0.15) is 0 Å². The van der Waals surface area contributed by atoms with Crippen molar-refractivity contribution >= 4 is 11.3 Å². The molecule has 0 aliphatic heterocycles. The van der Waals surface area contributed by atoms with Crippen molar-refractivity contribution in [3.63, 3.8) is 0 Å². The molecular weight excluding hydrogens is 297 g/mol. The van der Waals surface area contributed by atoms with Gasteiger partial charge in [-0.2, -0.15) is 13.2 Å². The van der Waals surface area contributed by atoms with Gasteiger partial charge in [-0.1, -0.05) is 20.8 Å². The molecule has 1 N–H and O–H groups in total. The van der Waals surface area contributed by atoms with E-state index in [1.165, 1.54) is 6.20 Å². The molecule has 21 heavy (non-hydrogen) atoms. The zero-order valence-corrected chi connectivity index (χ0v) is 13.6. The molecule has 0 spiro atoms. The van der Waals surface area contributed by atoms with E-state index in [0.717, 1.165) is 48.6 Å². The van der Waals surface area contributed by atoms with Gasteiger partial charge < -0.3 is 5.32 Å². The van der Waals surface area contributed by atoms with E-state index in [9.17, 15) is 13.2 Å². The second-order valence-corrected chi connectivity index (χ2v) is 7.71. The molecular formula is C15H23F3N2S. The van der Waals surface area contributed by atoms with Crippen LogP contribution >= 0.6 is 11.3 Å². The molecule has 1 fully saturated rings. The molecule has 0 aromatic carbocycles. The number of halogens is 3. The number of hydrogen-bond donors (Lipinski definition) is 1. The fraction of sp³-hybridized carbons (Fsp3) is 0.800. The summed E-state index contributed by atoms with van der Waals surface area (Å²) in [7, 11) is 0. The van der Waals surface area contributed by atoms with Crippen molar-refractivity contribution in [1.29, 1.82) is 0 Å². The molecule has 1 aromatic heterocycles. The Kier molecular flexibility index (Phi) is 4.98. The van der Waals surface area contributed by atoms with Crippen molar-refractivity contribution in [2.45, 2.75) is 52.1 Å². The summed E-state index contributed by atoms with van der Waals surface area (Å²) in [4.78, 5) is 4.39. The van der Waals surface area contributed by atoms with Crippen LogP contribution in [0.5, 0.6) is 0 Å². The van der Waals surface area contributed by atoms with E-state index in [1.54, 1.807) is 0 Å². The first-order valence-electron chi connectivity index (χ1n) is 7.46. The molecule has 2 atom stereocenters. The summed E-state index contributed by atoms with van der Waals surface area (Å²) in [6.45, 7) is 8.22. The lowest BCUT2D eigenvalue weighted by atomic mass is 9.67. The van der Waals surface area contributed by atoms with Gasteiger partial charge in [0.25, 0.3) is 0 Å². The molecule has 0 radical (unpaired) electrons. The zero-order valence-electron chi connectivity index (χ0n) is 12.8. The zero-order chi connectivity index (χ0) is 15.7. The number of hydrogen-bond acceptors (Lipinski definition) is 3. The lowest BCUT2D eigenvalue weighted by Gasteiger charge is -2.40. The van der Waals surface area contributed by atoms with Crippen LogP contribution in [-0.4, -0.2) is 18.1 Å². The van der Waals surface area contributed by atoms with Gasteiger partial charge in [-0.05, 0) is 49.6 Å². The van der Waals surface area contributed by atoms with Gasteiger partial charge in [-0.25, -0.2) is 4.98 Å². The van der Waals surface area contributed by atoms with Crippen LogP contribution < -0.4 is 5.32 Å². The van der Waals surface area contributed by atoms with Crippen LogP contribution in [0.3, 0.4) is 0 Å². The second kappa shape index (κ2) is 6.24. The molecule has 0 saturated heterocycles. The Bertz CT molecular complexity index is 468. The highest BCUT2D eigenvalue weighted by molar-refractivity contribution is 7.11. The second-order valence-electron chi connectivity index (χ2n) is 6.65. The topological polar surface area (TPSA) is 24.9 Å². The van der Waals surface area contributed by atoms with Gasteiger partial charge in [-0.3, -0.25) is 0 Å². The van der Waals surface area contributed by atoms with Gasteiger partial charge in [-0.15, -0.1) is 11.3 Å². The largest absolute Gasteiger partial charge is 0.443 e. The summed E-state index contributed by atoms with van der Waals surface area (Å²) >= 11 is 0.820. The Morgan fingerprint density at radius 2 is 2.14 bits per heavy atom. The SMILES string of the molecule is CCNCC1CCC(C)(C)CC1c1cnc(C(F)(F)F)s1. The molecule has 1 aliphatic carbocycles. The summed E-state index contributed by atoms with van der Waals surface area (Å²) < 4.78 is 38.3. The first-order chi connectivity index (χ1) is 9.73. The number of rotatable bonds is 4. The molecule has 1 heterocycles. The van der Waals surface area contributed by atoms with Crippen LogP contribution in [0, 0.1) is 11.3 Å². The van der Waals surface area contributed by atoms with Crippen molar-refractivity contribution in [3.8, 4) is 0 Å². The van der Waals surface area contributed by atoms with E-state index in [0.29, 0.717) is 5.92 Å². The summed E-state index contributed by atoms with van der Waals surface area (Å²) in [5, 5.41) is 2.62. The summed E-state index contributed by atoms with van der Waals surface area (Å²) in [6, 6.07) is 0. The smallest absolute Gasteiger partial charge is 0.317 e. The third kappa shape index (κ3) is 4.19. The minimum Gasteiger partial charge on any atom is -0.317 e. The van der Waals surface area contributed by atoms with E-state index in [4.69, 9.17) is 0 Å². The van der Waals surface area contributed by atoms with Crippen molar-refractivity contribution in [2.24, 2.45) is 11.3 Å². The molecule has 2 nitrogen and oxygen atoms in total. The fourth-order valence-corrected chi connectivity index (χ4v) is 4.11. The monoisotopic (exact) mass is 320 g/mol.